The molecule has 0 aromatic carbocycles. The van der Waals surface area contributed by atoms with Crippen molar-refractivity contribution in [3.63, 3.8) is 0 Å². The third kappa shape index (κ3) is 2.03. The van der Waals surface area contributed by atoms with Crippen LogP contribution in [0.3, 0.4) is 0 Å². The molecule has 4 heteroatoms. The van der Waals surface area contributed by atoms with E-state index in [0.717, 1.165) is 0 Å². The number of likely N-dealkylation sites (N-methyl/N-ethyl adjacent to an activating group) is 1. The number of hydrogen-bond acceptors (Lipinski definition) is 4. The van der Waals surface area contributed by atoms with Gasteiger partial charge >= 0.3 is 0 Å². The Labute approximate surface area is 77.1 Å². The average molecular weight is 174 g/mol. The van der Waals surface area contributed by atoms with Gasteiger partial charge < -0.3 is 4.90 Å². The summed E-state index contributed by atoms with van der Waals surface area (Å²) in [5, 5.41) is 16.4. The zero-order chi connectivity index (χ0) is 9.68. The molecule has 4 nitrogen and oxygen atoms in total. The van der Waals surface area contributed by atoms with E-state index in [4.69, 9.17) is 5.26 Å². The summed E-state index contributed by atoms with van der Waals surface area (Å²) in [5.41, 5.74) is 0.527. The van der Waals surface area contributed by atoms with Crippen LogP contribution >= 0.6 is 0 Å². The second kappa shape index (κ2) is 4.21. The van der Waals surface area contributed by atoms with Crippen molar-refractivity contribution in [1.82, 2.24) is 10.2 Å². The van der Waals surface area contributed by atoms with Crippen molar-refractivity contribution in [1.29, 1.82) is 5.26 Å². The zero-order valence-corrected chi connectivity index (χ0v) is 7.44. The van der Waals surface area contributed by atoms with Gasteiger partial charge in [-0.15, -0.1) is 11.7 Å². The predicted molar refractivity (Wildman–Crippen MR) is 50.2 cm³/mol. The van der Waals surface area contributed by atoms with Crippen molar-refractivity contribution in [2.24, 2.45) is 0 Å². The van der Waals surface area contributed by atoms with Gasteiger partial charge in [0.15, 0.2) is 5.82 Å². The summed E-state index contributed by atoms with van der Waals surface area (Å²) in [6.45, 7) is 4.26. The van der Waals surface area contributed by atoms with E-state index in [9.17, 15) is 0 Å². The van der Waals surface area contributed by atoms with Crippen molar-refractivity contribution in [3.05, 3.63) is 30.5 Å². The SMILES string of the molecule is C=CCN(C)c1nnccc1C#N. The molecule has 0 fully saturated rings. The Bertz CT molecular complexity index is 340. The molecule has 0 amide bonds. The Balaban J connectivity index is 2.99. The molecule has 1 rings (SSSR count). The Hall–Kier alpha value is -1.89. The van der Waals surface area contributed by atoms with Crippen LogP contribution < -0.4 is 4.90 Å². The second-order valence-corrected chi connectivity index (χ2v) is 2.55. The standard InChI is InChI=1S/C9H10N4/c1-3-6-13(2)9-8(7-10)4-5-11-12-9/h3-5H,1,6H2,2H3. The van der Waals surface area contributed by atoms with E-state index in [0.29, 0.717) is 17.9 Å². The minimum absolute atomic E-state index is 0.527. The summed E-state index contributed by atoms with van der Waals surface area (Å²) in [4.78, 5) is 1.82. The molecule has 0 N–H and O–H groups in total. The van der Waals surface area contributed by atoms with Crippen LogP contribution in [0.1, 0.15) is 5.56 Å². The second-order valence-electron chi connectivity index (χ2n) is 2.55. The molecule has 13 heavy (non-hydrogen) atoms. The molecule has 0 saturated carbocycles. The number of hydrogen-bond donors (Lipinski definition) is 0. The van der Waals surface area contributed by atoms with Gasteiger partial charge in [-0.05, 0) is 6.07 Å². The summed E-state index contributed by atoms with van der Waals surface area (Å²) >= 11 is 0. The first-order valence-corrected chi connectivity index (χ1v) is 3.83. The molecule has 0 bridgehead atoms. The molecule has 1 aromatic heterocycles. The molecule has 1 aromatic rings. The van der Waals surface area contributed by atoms with Gasteiger partial charge in [0.05, 0.1) is 11.8 Å². The van der Waals surface area contributed by atoms with Crippen molar-refractivity contribution >= 4 is 5.82 Å². The maximum atomic E-state index is 8.77. The summed E-state index contributed by atoms with van der Waals surface area (Å²) in [6.07, 6.45) is 3.25. The largest absolute Gasteiger partial charge is 0.353 e. The monoisotopic (exact) mass is 174 g/mol. The van der Waals surface area contributed by atoms with Crippen molar-refractivity contribution in [2.75, 3.05) is 18.5 Å². The summed E-state index contributed by atoms with van der Waals surface area (Å²) in [6, 6.07) is 3.70. The molecule has 0 unspecified atom stereocenters. The first-order valence-electron chi connectivity index (χ1n) is 3.83. The van der Waals surface area contributed by atoms with Gasteiger partial charge in [0.2, 0.25) is 0 Å². The minimum Gasteiger partial charge on any atom is -0.353 e. The highest BCUT2D eigenvalue weighted by atomic mass is 15.2. The van der Waals surface area contributed by atoms with Crippen molar-refractivity contribution in [3.8, 4) is 6.07 Å². The predicted octanol–water partition coefficient (Wildman–Crippen LogP) is 0.970. The van der Waals surface area contributed by atoms with Crippen LogP contribution in [0.5, 0.6) is 0 Å². The van der Waals surface area contributed by atoms with Gasteiger partial charge in [0.25, 0.3) is 0 Å². The summed E-state index contributed by atoms with van der Waals surface area (Å²) in [7, 11) is 1.84. The summed E-state index contributed by atoms with van der Waals surface area (Å²) < 4.78 is 0. The zero-order valence-electron chi connectivity index (χ0n) is 7.44. The first kappa shape index (κ1) is 9.20. The van der Waals surface area contributed by atoms with Crippen molar-refractivity contribution in [2.45, 2.75) is 0 Å². The van der Waals surface area contributed by atoms with Crippen LogP contribution in [0.4, 0.5) is 5.82 Å². The lowest BCUT2D eigenvalue weighted by molar-refractivity contribution is 0.923. The molecular weight excluding hydrogens is 164 g/mol. The number of anilines is 1. The van der Waals surface area contributed by atoms with E-state index in [1.165, 1.54) is 6.20 Å². The Kier molecular flexibility index (Phi) is 2.98. The fourth-order valence-electron chi connectivity index (χ4n) is 0.974. The number of aromatic nitrogens is 2. The van der Waals surface area contributed by atoms with E-state index in [1.54, 1.807) is 12.1 Å². The molecule has 66 valence electrons. The van der Waals surface area contributed by atoms with Crippen LogP contribution in [-0.4, -0.2) is 23.8 Å². The quantitative estimate of drug-likeness (QED) is 0.641. The minimum atomic E-state index is 0.527. The van der Waals surface area contributed by atoms with Crippen LogP contribution in [0.25, 0.3) is 0 Å². The van der Waals surface area contributed by atoms with Crippen LogP contribution in [0.2, 0.25) is 0 Å². The smallest absolute Gasteiger partial charge is 0.169 e. The van der Waals surface area contributed by atoms with E-state index >= 15 is 0 Å². The highest BCUT2D eigenvalue weighted by molar-refractivity contribution is 5.52. The number of rotatable bonds is 3. The lowest BCUT2D eigenvalue weighted by Gasteiger charge is -2.15. The molecule has 0 aliphatic carbocycles. The third-order valence-corrected chi connectivity index (χ3v) is 1.59. The topological polar surface area (TPSA) is 52.8 Å². The highest BCUT2D eigenvalue weighted by Gasteiger charge is 2.06. The molecule has 0 saturated heterocycles. The molecule has 1 heterocycles. The maximum Gasteiger partial charge on any atom is 0.169 e. The van der Waals surface area contributed by atoms with Crippen LogP contribution in [0.15, 0.2) is 24.9 Å². The molecule has 0 atom stereocenters. The highest BCUT2D eigenvalue weighted by Crippen LogP contribution is 2.12. The Morgan fingerprint density at radius 3 is 3.15 bits per heavy atom. The lowest BCUT2D eigenvalue weighted by atomic mass is 10.3. The van der Waals surface area contributed by atoms with Gasteiger partial charge in [0, 0.05) is 13.6 Å². The number of nitrogens with zero attached hydrogens (tertiary/aromatic N) is 4. The molecular formula is C9H10N4. The van der Waals surface area contributed by atoms with Gasteiger partial charge in [-0.1, -0.05) is 6.08 Å². The third-order valence-electron chi connectivity index (χ3n) is 1.59. The first-order chi connectivity index (χ1) is 6.29. The van der Waals surface area contributed by atoms with Gasteiger partial charge in [0.1, 0.15) is 6.07 Å². The Morgan fingerprint density at radius 2 is 2.54 bits per heavy atom. The molecule has 0 aliphatic rings. The lowest BCUT2D eigenvalue weighted by Crippen LogP contribution is -2.19. The van der Waals surface area contributed by atoms with Gasteiger partial charge in [-0.2, -0.15) is 10.4 Å². The normalized spacial score (nSPS) is 8.92. The van der Waals surface area contributed by atoms with Gasteiger partial charge in [-0.3, -0.25) is 0 Å². The molecule has 0 spiro atoms. The number of nitriles is 1. The summed E-state index contributed by atoms with van der Waals surface area (Å²) in [5.74, 6) is 0.588. The van der Waals surface area contributed by atoms with Crippen LogP contribution in [0, 0.1) is 11.3 Å². The van der Waals surface area contributed by atoms with E-state index in [1.807, 2.05) is 11.9 Å². The average Bonchev–Trinajstić information content (AvgIpc) is 2.18. The fourth-order valence-corrected chi connectivity index (χ4v) is 0.974. The fraction of sp³-hybridized carbons (Fsp3) is 0.222. The molecule has 0 radical (unpaired) electrons. The maximum absolute atomic E-state index is 8.77. The van der Waals surface area contributed by atoms with Crippen LogP contribution in [-0.2, 0) is 0 Å². The van der Waals surface area contributed by atoms with Gasteiger partial charge in [-0.25, -0.2) is 0 Å². The van der Waals surface area contributed by atoms with E-state index < -0.39 is 0 Å². The van der Waals surface area contributed by atoms with E-state index in [2.05, 4.69) is 22.8 Å². The van der Waals surface area contributed by atoms with E-state index in [-0.39, 0.29) is 0 Å². The Morgan fingerprint density at radius 1 is 1.77 bits per heavy atom. The van der Waals surface area contributed by atoms with Crippen molar-refractivity contribution < 1.29 is 0 Å². The molecule has 0 aliphatic heterocycles.